The van der Waals surface area contributed by atoms with Gasteiger partial charge in [0, 0.05) is 0 Å². The van der Waals surface area contributed by atoms with Gasteiger partial charge in [-0.05, 0) is 13.8 Å². The van der Waals surface area contributed by atoms with Gasteiger partial charge in [0.25, 0.3) is 0 Å². The molecule has 0 heterocycles. The predicted octanol–water partition coefficient (Wildman–Crippen LogP) is -1.07. The summed E-state index contributed by atoms with van der Waals surface area (Å²) in [6.45, 7) is 1.62. The molecule has 86 valence electrons. The molecular weight excluding hydrogens is 208 g/mol. The van der Waals surface area contributed by atoms with Gasteiger partial charge in [-0.15, -0.1) is 0 Å². The minimum atomic E-state index is -1.34. The molecular formula is C8H12O7. The smallest absolute Gasteiger partial charge is 0.345 e. The van der Waals surface area contributed by atoms with Crippen molar-refractivity contribution in [1.82, 2.24) is 0 Å². The summed E-state index contributed by atoms with van der Waals surface area (Å²) in [6.07, 6.45) is -2.64. The van der Waals surface area contributed by atoms with Crippen LogP contribution in [-0.4, -0.2) is 46.9 Å². The Morgan fingerprint density at radius 2 is 1.80 bits per heavy atom. The highest BCUT2D eigenvalue weighted by Crippen LogP contribution is 1.93. The van der Waals surface area contributed by atoms with Gasteiger partial charge in [-0.1, -0.05) is 0 Å². The number of carboxylic acids is 1. The molecule has 0 aromatic carbocycles. The van der Waals surface area contributed by atoms with E-state index in [0.29, 0.717) is 0 Å². The van der Waals surface area contributed by atoms with Crippen molar-refractivity contribution in [3.05, 3.63) is 0 Å². The first-order chi connectivity index (χ1) is 6.84. The molecule has 0 radical (unpaired) electrons. The van der Waals surface area contributed by atoms with Crippen LogP contribution in [0.4, 0.5) is 0 Å². The summed E-state index contributed by atoms with van der Waals surface area (Å²) in [4.78, 5) is 31.8. The van der Waals surface area contributed by atoms with Crippen LogP contribution < -0.4 is 0 Å². The molecule has 0 rings (SSSR count). The van der Waals surface area contributed by atoms with E-state index in [1.54, 1.807) is 0 Å². The summed E-state index contributed by atoms with van der Waals surface area (Å²) in [7, 11) is 0. The number of esters is 2. The Labute approximate surface area is 85.6 Å². The van der Waals surface area contributed by atoms with Crippen LogP contribution in [0.1, 0.15) is 13.8 Å². The molecule has 7 heteroatoms. The SMILES string of the molecule is CC(O)C(=O)OCC(=O)OC(C)C(=O)O. The van der Waals surface area contributed by atoms with Crippen LogP contribution in [-0.2, 0) is 23.9 Å². The molecule has 0 aromatic heterocycles. The second-order valence-electron chi connectivity index (χ2n) is 2.75. The van der Waals surface area contributed by atoms with Gasteiger partial charge in [-0.2, -0.15) is 0 Å². The number of aliphatic carboxylic acids is 1. The molecule has 0 aliphatic heterocycles. The summed E-state index contributed by atoms with van der Waals surface area (Å²) in [5.41, 5.74) is 0. The fourth-order valence-electron chi connectivity index (χ4n) is 0.532. The molecule has 0 saturated heterocycles. The lowest BCUT2D eigenvalue weighted by Gasteiger charge is -2.09. The second kappa shape index (κ2) is 5.97. The molecule has 0 aliphatic rings. The number of hydrogen-bond donors (Lipinski definition) is 2. The minimum Gasteiger partial charge on any atom is -0.479 e. The maximum Gasteiger partial charge on any atom is 0.345 e. The molecule has 0 aromatic rings. The van der Waals surface area contributed by atoms with Crippen molar-refractivity contribution in [2.75, 3.05) is 6.61 Å². The minimum absolute atomic E-state index is 0.721. The monoisotopic (exact) mass is 220 g/mol. The molecule has 2 N–H and O–H groups in total. The third-order valence-corrected chi connectivity index (χ3v) is 1.33. The van der Waals surface area contributed by atoms with Gasteiger partial charge in [-0.25, -0.2) is 14.4 Å². The quantitative estimate of drug-likeness (QED) is 0.567. The molecule has 0 bridgehead atoms. The maximum absolute atomic E-state index is 10.8. The number of hydrogen-bond acceptors (Lipinski definition) is 6. The summed E-state index contributed by atoms with van der Waals surface area (Å²) >= 11 is 0. The van der Waals surface area contributed by atoms with E-state index >= 15 is 0 Å². The van der Waals surface area contributed by atoms with Gasteiger partial charge >= 0.3 is 17.9 Å². The van der Waals surface area contributed by atoms with Crippen LogP contribution in [0, 0.1) is 0 Å². The van der Waals surface area contributed by atoms with Gasteiger partial charge < -0.3 is 19.7 Å². The fourth-order valence-corrected chi connectivity index (χ4v) is 0.532. The summed E-state index contributed by atoms with van der Waals surface area (Å²) < 4.78 is 8.63. The van der Waals surface area contributed by atoms with Crippen molar-refractivity contribution in [2.24, 2.45) is 0 Å². The molecule has 7 nitrogen and oxygen atoms in total. The number of aliphatic hydroxyl groups excluding tert-OH is 1. The largest absolute Gasteiger partial charge is 0.479 e. The Morgan fingerprint density at radius 3 is 2.20 bits per heavy atom. The van der Waals surface area contributed by atoms with E-state index in [4.69, 9.17) is 10.2 Å². The van der Waals surface area contributed by atoms with Crippen LogP contribution in [0.3, 0.4) is 0 Å². The zero-order chi connectivity index (χ0) is 12.0. The maximum atomic E-state index is 10.8. The molecule has 0 spiro atoms. The van der Waals surface area contributed by atoms with Crippen molar-refractivity contribution in [3.63, 3.8) is 0 Å². The van der Waals surface area contributed by atoms with E-state index < -0.39 is 36.7 Å². The highest BCUT2D eigenvalue weighted by atomic mass is 16.6. The Bertz CT molecular complexity index is 258. The number of carbonyl (C=O) groups is 3. The van der Waals surface area contributed by atoms with E-state index in [1.807, 2.05) is 0 Å². The Kier molecular flexibility index (Phi) is 5.32. The van der Waals surface area contributed by atoms with Crippen molar-refractivity contribution < 1.29 is 34.1 Å². The summed E-state index contributed by atoms with van der Waals surface area (Å²) in [5, 5.41) is 17.1. The van der Waals surface area contributed by atoms with Crippen LogP contribution in [0.15, 0.2) is 0 Å². The highest BCUT2D eigenvalue weighted by Gasteiger charge is 2.18. The van der Waals surface area contributed by atoms with Crippen LogP contribution in [0.5, 0.6) is 0 Å². The molecule has 0 aliphatic carbocycles. The van der Waals surface area contributed by atoms with E-state index in [-0.39, 0.29) is 0 Å². The first kappa shape index (κ1) is 13.4. The number of rotatable bonds is 5. The Hall–Kier alpha value is -1.63. The molecule has 2 unspecified atom stereocenters. The van der Waals surface area contributed by atoms with Crippen molar-refractivity contribution in [2.45, 2.75) is 26.1 Å². The van der Waals surface area contributed by atoms with E-state index in [0.717, 1.165) is 6.92 Å². The van der Waals surface area contributed by atoms with Crippen LogP contribution in [0.2, 0.25) is 0 Å². The van der Waals surface area contributed by atoms with Gasteiger partial charge in [0.1, 0.15) is 6.10 Å². The highest BCUT2D eigenvalue weighted by molar-refractivity contribution is 5.81. The Balaban J connectivity index is 3.86. The number of ether oxygens (including phenoxy) is 2. The first-order valence-corrected chi connectivity index (χ1v) is 4.11. The van der Waals surface area contributed by atoms with Gasteiger partial charge in [0.05, 0.1) is 0 Å². The third kappa shape index (κ3) is 5.63. The van der Waals surface area contributed by atoms with Crippen molar-refractivity contribution in [3.8, 4) is 0 Å². The topological polar surface area (TPSA) is 110 Å². The summed E-state index contributed by atoms with van der Waals surface area (Å²) in [5.74, 6) is -3.26. The molecule has 15 heavy (non-hydrogen) atoms. The van der Waals surface area contributed by atoms with Crippen LogP contribution in [0.25, 0.3) is 0 Å². The second-order valence-corrected chi connectivity index (χ2v) is 2.75. The van der Waals surface area contributed by atoms with E-state index in [2.05, 4.69) is 9.47 Å². The van der Waals surface area contributed by atoms with Gasteiger partial charge in [0.15, 0.2) is 12.7 Å². The molecule has 0 fully saturated rings. The summed E-state index contributed by atoms with van der Waals surface area (Å²) in [6, 6.07) is 0. The van der Waals surface area contributed by atoms with Crippen molar-refractivity contribution >= 4 is 17.9 Å². The molecule has 0 saturated carbocycles. The van der Waals surface area contributed by atoms with E-state index in [1.165, 1.54) is 6.92 Å². The van der Waals surface area contributed by atoms with E-state index in [9.17, 15) is 14.4 Å². The van der Waals surface area contributed by atoms with Crippen molar-refractivity contribution in [1.29, 1.82) is 0 Å². The van der Waals surface area contributed by atoms with Crippen LogP contribution >= 0.6 is 0 Å². The standard InChI is InChI=1S/C8H12O7/c1-4(9)8(13)14-3-6(10)15-5(2)7(11)12/h4-5,9H,3H2,1-2H3,(H,11,12). The van der Waals surface area contributed by atoms with Gasteiger partial charge in [-0.3, -0.25) is 0 Å². The number of carboxylic acid groups (broad SMARTS) is 1. The van der Waals surface area contributed by atoms with Gasteiger partial charge in [0.2, 0.25) is 0 Å². The zero-order valence-corrected chi connectivity index (χ0v) is 8.30. The lowest BCUT2D eigenvalue weighted by molar-refractivity contribution is -0.171. The lowest BCUT2D eigenvalue weighted by Crippen LogP contribution is -2.28. The number of carbonyl (C=O) groups excluding carboxylic acids is 2. The predicted molar refractivity (Wildman–Crippen MR) is 45.8 cm³/mol. The normalized spacial score (nSPS) is 13.8. The fraction of sp³-hybridized carbons (Fsp3) is 0.625. The number of aliphatic hydroxyl groups is 1. The molecule has 2 atom stereocenters. The zero-order valence-electron chi connectivity index (χ0n) is 8.30. The Morgan fingerprint density at radius 1 is 1.27 bits per heavy atom. The lowest BCUT2D eigenvalue weighted by atomic mass is 10.4. The third-order valence-electron chi connectivity index (χ3n) is 1.33. The average molecular weight is 220 g/mol. The molecule has 0 amide bonds. The first-order valence-electron chi connectivity index (χ1n) is 4.11. The average Bonchev–Trinajstić information content (AvgIpc) is 2.13.